The molecule has 5 heteroatoms. The lowest BCUT2D eigenvalue weighted by Gasteiger charge is -2.10. The molecule has 9 rings (SSSR count). The van der Waals surface area contributed by atoms with Crippen molar-refractivity contribution >= 4 is 65.1 Å². The molecule has 0 unspecified atom stereocenters. The SMILES string of the molecule is Cc1ccccc1.N=C(N=C(N)c1cccc2oc3ccc(-c4cc(-c5ccccc5)cc5sc6ccccc6c45)cc3c12)c1ccccc1. The normalized spacial score (nSPS) is 11.6. The van der Waals surface area contributed by atoms with Crippen LogP contribution in [0.2, 0.25) is 0 Å². The molecule has 4 nitrogen and oxygen atoms in total. The molecule has 0 amide bonds. The number of nitrogens with one attached hydrogen (secondary N) is 1. The van der Waals surface area contributed by atoms with E-state index in [1.807, 2.05) is 90.2 Å². The van der Waals surface area contributed by atoms with Crippen LogP contribution in [0, 0.1) is 12.3 Å². The highest BCUT2D eigenvalue weighted by Crippen LogP contribution is 2.44. The quantitative estimate of drug-likeness (QED) is 0.145. The zero-order valence-electron chi connectivity index (χ0n) is 27.4. The predicted molar refractivity (Wildman–Crippen MR) is 213 cm³/mol. The molecular formula is C45H33N3OS. The van der Waals surface area contributed by atoms with Gasteiger partial charge in [-0.25, -0.2) is 4.99 Å². The molecule has 0 aliphatic carbocycles. The number of aliphatic imine (C=N–C) groups is 1. The standard InChI is InChI=1S/C38H25N3OS.C7H8/c39-37(24-12-5-2-6-13-24)41-38(40)28-15-9-16-32-35(28)30-20-25(18-19-31(30)42-32)29-21-26(23-10-3-1-4-11-23)22-34-36(29)27-14-7-8-17-33(27)43-34;1-7-5-3-2-4-6-7/h1-22H,(H3,39,40,41);2-6H,1H3. The Bertz CT molecular complexity index is 2670. The Labute approximate surface area is 294 Å². The molecule has 0 aliphatic heterocycles. The van der Waals surface area contributed by atoms with Crippen LogP contribution in [0.3, 0.4) is 0 Å². The van der Waals surface area contributed by atoms with Crippen LogP contribution in [0.1, 0.15) is 16.7 Å². The van der Waals surface area contributed by atoms with Gasteiger partial charge in [0.2, 0.25) is 0 Å². The molecule has 2 aromatic heterocycles. The van der Waals surface area contributed by atoms with Crippen molar-refractivity contribution in [1.82, 2.24) is 0 Å². The second-order valence-electron chi connectivity index (χ2n) is 12.2. The summed E-state index contributed by atoms with van der Waals surface area (Å²) < 4.78 is 8.82. The molecule has 0 atom stereocenters. The molecule has 0 radical (unpaired) electrons. The Morgan fingerprint density at radius 2 is 1.28 bits per heavy atom. The monoisotopic (exact) mass is 663 g/mol. The lowest BCUT2D eigenvalue weighted by Crippen LogP contribution is -2.16. The summed E-state index contributed by atoms with van der Waals surface area (Å²) in [6, 6.07) is 55.6. The first kappa shape index (κ1) is 31.0. The first-order valence-corrected chi connectivity index (χ1v) is 17.3. The molecule has 50 heavy (non-hydrogen) atoms. The van der Waals surface area contributed by atoms with E-state index >= 15 is 0 Å². The smallest absolute Gasteiger partial charge is 0.154 e. The third-order valence-corrected chi connectivity index (χ3v) is 10.0. The summed E-state index contributed by atoms with van der Waals surface area (Å²) in [5.41, 5.74) is 15.5. The Morgan fingerprint density at radius 1 is 0.580 bits per heavy atom. The van der Waals surface area contributed by atoms with Gasteiger partial charge < -0.3 is 10.2 Å². The van der Waals surface area contributed by atoms with E-state index in [-0.39, 0.29) is 11.7 Å². The largest absolute Gasteiger partial charge is 0.456 e. The Morgan fingerprint density at radius 3 is 2.02 bits per heavy atom. The van der Waals surface area contributed by atoms with Crippen molar-refractivity contribution in [3.05, 3.63) is 180 Å². The first-order chi connectivity index (χ1) is 24.5. The van der Waals surface area contributed by atoms with Crippen LogP contribution in [0.15, 0.2) is 173 Å². The van der Waals surface area contributed by atoms with Gasteiger partial charge in [0.1, 0.15) is 17.0 Å². The fourth-order valence-electron chi connectivity index (χ4n) is 6.46. The maximum absolute atomic E-state index is 8.52. The number of rotatable bonds is 4. The summed E-state index contributed by atoms with van der Waals surface area (Å²) in [5, 5.41) is 12.9. The number of nitrogens with zero attached hydrogens (tertiary/aromatic N) is 1. The number of furan rings is 1. The minimum atomic E-state index is 0.119. The predicted octanol–water partition coefficient (Wildman–Crippen LogP) is 12.0. The van der Waals surface area contributed by atoms with Gasteiger partial charge in [0.15, 0.2) is 5.84 Å². The molecule has 240 valence electrons. The number of aryl methyl sites for hydroxylation is 1. The lowest BCUT2D eigenvalue weighted by molar-refractivity contribution is 0.669. The van der Waals surface area contributed by atoms with Crippen LogP contribution < -0.4 is 5.73 Å². The second-order valence-corrected chi connectivity index (χ2v) is 13.3. The Kier molecular flexibility index (Phi) is 8.25. The van der Waals surface area contributed by atoms with Gasteiger partial charge in [-0.15, -0.1) is 11.3 Å². The van der Waals surface area contributed by atoms with Gasteiger partial charge in [-0.3, -0.25) is 5.41 Å². The van der Waals surface area contributed by atoms with E-state index in [1.54, 1.807) is 0 Å². The summed E-state index contributed by atoms with van der Waals surface area (Å²) >= 11 is 1.83. The van der Waals surface area contributed by atoms with E-state index in [9.17, 15) is 0 Å². The fourth-order valence-corrected chi connectivity index (χ4v) is 7.63. The molecule has 0 spiro atoms. The molecule has 0 aliphatic rings. The minimum absolute atomic E-state index is 0.119. The number of hydrogen-bond acceptors (Lipinski definition) is 3. The molecule has 0 saturated heterocycles. The van der Waals surface area contributed by atoms with E-state index in [4.69, 9.17) is 15.6 Å². The van der Waals surface area contributed by atoms with Crippen molar-refractivity contribution in [2.75, 3.05) is 0 Å². The third-order valence-electron chi connectivity index (χ3n) is 8.89. The summed E-state index contributed by atoms with van der Waals surface area (Å²) in [4.78, 5) is 4.49. The highest BCUT2D eigenvalue weighted by atomic mass is 32.1. The van der Waals surface area contributed by atoms with Gasteiger partial charge in [-0.1, -0.05) is 133 Å². The van der Waals surface area contributed by atoms with Crippen molar-refractivity contribution in [3.8, 4) is 22.3 Å². The maximum atomic E-state index is 8.52. The molecule has 7 aromatic carbocycles. The minimum Gasteiger partial charge on any atom is -0.456 e. The molecule has 0 fully saturated rings. The van der Waals surface area contributed by atoms with Crippen molar-refractivity contribution in [2.24, 2.45) is 10.7 Å². The van der Waals surface area contributed by atoms with Crippen LogP contribution in [-0.4, -0.2) is 11.7 Å². The number of benzene rings is 7. The average Bonchev–Trinajstić information content (AvgIpc) is 3.74. The molecule has 0 bridgehead atoms. The van der Waals surface area contributed by atoms with Gasteiger partial charge in [-0.2, -0.15) is 0 Å². The first-order valence-electron chi connectivity index (χ1n) is 16.5. The Hall–Kier alpha value is -6.30. The summed E-state index contributed by atoms with van der Waals surface area (Å²) in [6.07, 6.45) is 0. The summed E-state index contributed by atoms with van der Waals surface area (Å²) in [7, 11) is 0. The molecule has 9 aromatic rings. The summed E-state index contributed by atoms with van der Waals surface area (Å²) in [6.45, 7) is 2.08. The van der Waals surface area contributed by atoms with E-state index in [0.717, 1.165) is 33.1 Å². The zero-order chi connectivity index (χ0) is 34.0. The van der Waals surface area contributed by atoms with Crippen molar-refractivity contribution in [3.63, 3.8) is 0 Å². The van der Waals surface area contributed by atoms with Gasteiger partial charge in [0.25, 0.3) is 0 Å². The van der Waals surface area contributed by atoms with Crippen molar-refractivity contribution in [1.29, 1.82) is 5.41 Å². The van der Waals surface area contributed by atoms with Gasteiger partial charge in [0.05, 0.1) is 0 Å². The highest BCUT2D eigenvalue weighted by Gasteiger charge is 2.18. The van der Waals surface area contributed by atoms with E-state index < -0.39 is 0 Å². The van der Waals surface area contributed by atoms with Crippen LogP contribution >= 0.6 is 11.3 Å². The molecular weight excluding hydrogens is 631 g/mol. The van der Waals surface area contributed by atoms with Gasteiger partial charge in [0, 0.05) is 42.1 Å². The van der Waals surface area contributed by atoms with Crippen molar-refractivity contribution in [2.45, 2.75) is 6.92 Å². The third kappa shape index (κ3) is 5.96. The Balaban J connectivity index is 0.000000463. The number of nitrogens with two attached hydrogens (primary N) is 1. The average molecular weight is 664 g/mol. The molecule has 2 heterocycles. The van der Waals surface area contributed by atoms with Gasteiger partial charge >= 0.3 is 0 Å². The molecule has 0 saturated carbocycles. The zero-order valence-corrected chi connectivity index (χ0v) is 28.2. The van der Waals surface area contributed by atoms with Crippen LogP contribution in [0.4, 0.5) is 0 Å². The number of hydrogen-bond donors (Lipinski definition) is 2. The number of thiophene rings is 1. The fraction of sp³-hybridized carbons (Fsp3) is 0.0222. The highest BCUT2D eigenvalue weighted by molar-refractivity contribution is 7.26. The van der Waals surface area contributed by atoms with Crippen LogP contribution in [-0.2, 0) is 0 Å². The van der Waals surface area contributed by atoms with E-state index in [1.165, 1.54) is 42.4 Å². The van der Waals surface area contributed by atoms with E-state index in [2.05, 4.69) is 96.8 Å². The summed E-state index contributed by atoms with van der Waals surface area (Å²) in [5.74, 6) is 0.401. The maximum Gasteiger partial charge on any atom is 0.154 e. The lowest BCUT2D eigenvalue weighted by atomic mass is 9.93. The van der Waals surface area contributed by atoms with Crippen LogP contribution in [0.5, 0.6) is 0 Å². The molecule has 3 N–H and O–H groups in total. The topological polar surface area (TPSA) is 75.4 Å². The van der Waals surface area contributed by atoms with Crippen LogP contribution in [0.25, 0.3) is 64.4 Å². The number of fused-ring (bicyclic) bond motifs is 6. The number of amidine groups is 2. The van der Waals surface area contributed by atoms with E-state index in [0.29, 0.717) is 5.56 Å². The van der Waals surface area contributed by atoms with Crippen molar-refractivity contribution < 1.29 is 4.42 Å². The second kappa shape index (κ2) is 13.3. The van der Waals surface area contributed by atoms with Gasteiger partial charge in [-0.05, 0) is 65.6 Å².